The molecule has 1 aromatic carbocycles. The van der Waals surface area contributed by atoms with Gasteiger partial charge in [0.25, 0.3) is 0 Å². The molecule has 2 rings (SSSR count). The summed E-state index contributed by atoms with van der Waals surface area (Å²) < 4.78 is 0. The van der Waals surface area contributed by atoms with Crippen LogP contribution in [0.5, 0.6) is 0 Å². The third-order valence-electron chi connectivity index (χ3n) is 3.12. The summed E-state index contributed by atoms with van der Waals surface area (Å²) in [5.74, 6) is 0.170. The molecule has 0 aromatic heterocycles. The number of fused-ring (bicyclic) bond motifs is 1. The summed E-state index contributed by atoms with van der Waals surface area (Å²) in [6.07, 6.45) is 0.759. The molecule has 1 unspecified atom stereocenters. The lowest BCUT2D eigenvalue weighted by Gasteiger charge is -2.13. The van der Waals surface area contributed by atoms with E-state index in [9.17, 15) is 9.59 Å². The maximum atomic E-state index is 11.5. The van der Waals surface area contributed by atoms with Gasteiger partial charge in [0.05, 0.1) is 6.42 Å². The third kappa shape index (κ3) is 2.22. The minimum absolute atomic E-state index is 0.0752. The maximum Gasteiger partial charge on any atom is 0.231 e. The highest BCUT2D eigenvalue weighted by atomic mass is 16.2. The molecule has 90 valence electrons. The second-order valence-corrected chi connectivity index (χ2v) is 4.53. The Hall–Kier alpha value is -1.68. The SMILES string of the molecule is CC(=O)CC(N)c1ccc2c(c1)CC(=O)N2C. The molecule has 0 bridgehead atoms. The van der Waals surface area contributed by atoms with E-state index in [4.69, 9.17) is 5.73 Å². The lowest BCUT2D eigenvalue weighted by atomic mass is 9.99. The van der Waals surface area contributed by atoms with Gasteiger partial charge >= 0.3 is 0 Å². The van der Waals surface area contributed by atoms with E-state index in [1.807, 2.05) is 18.2 Å². The van der Waals surface area contributed by atoms with Crippen LogP contribution in [0.25, 0.3) is 0 Å². The zero-order valence-corrected chi connectivity index (χ0v) is 10.1. The number of ketones is 1. The van der Waals surface area contributed by atoms with Gasteiger partial charge in [-0.25, -0.2) is 0 Å². The Bertz CT molecular complexity index is 482. The summed E-state index contributed by atoms with van der Waals surface area (Å²) in [4.78, 5) is 24.2. The lowest BCUT2D eigenvalue weighted by Crippen LogP contribution is -2.20. The van der Waals surface area contributed by atoms with Crippen molar-refractivity contribution in [3.63, 3.8) is 0 Å². The van der Waals surface area contributed by atoms with Crippen molar-refractivity contribution in [1.82, 2.24) is 0 Å². The van der Waals surface area contributed by atoms with Crippen molar-refractivity contribution in [3.05, 3.63) is 29.3 Å². The number of likely N-dealkylation sites (N-methyl/N-ethyl adjacent to an activating group) is 1. The van der Waals surface area contributed by atoms with Gasteiger partial charge in [-0.15, -0.1) is 0 Å². The molecule has 1 aliphatic rings. The van der Waals surface area contributed by atoms with E-state index in [0.717, 1.165) is 16.8 Å². The minimum Gasteiger partial charge on any atom is -0.324 e. The van der Waals surface area contributed by atoms with E-state index < -0.39 is 0 Å². The molecule has 0 saturated carbocycles. The van der Waals surface area contributed by atoms with Crippen LogP contribution in [0.4, 0.5) is 5.69 Å². The van der Waals surface area contributed by atoms with E-state index in [2.05, 4.69) is 0 Å². The molecule has 0 fully saturated rings. The lowest BCUT2D eigenvalue weighted by molar-refractivity contribution is -0.118. The molecular formula is C13H16N2O2. The molecule has 2 N–H and O–H groups in total. The zero-order valence-electron chi connectivity index (χ0n) is 10.1. The van der Waals surface area contributed by atoms with Gasteiger partial charge in [-0.05, 0) is 24.1 Å². The summed E-state index contributed by atoms with van der Waals surface area (Å²) in [6, 6.07) is 5.44. The van der Waals surface area contributed by atoms with Crippen LogP contribution >= 0.6 is 0 Å². The Morgan fingerprint density at radius 1 is 1.53 bits per heavy atom. The van der Waals surface area contributed by atoms with Crippen LogP contribution in [0, 0.1) is 0 Å². The Morgan fingerprint density at radius 2 is 2.24 bits per heavy atom. The highest BCUT2D eigenvalue weighted by Crippen LogP contribution is 2.30. The molecule has 4 nitrogen and oxygen atoms in total. The Kier molecular flexibility index (Phi) is 2.98. The molecular weight excluding hydrogens is 216 g/mol. The quantitative estimate of drug-likeness (QED) is 0.851. The molecule has 1 atom stereocenters. The van der Waals surface area contributed by atoms with Crippen LogP contribution in [0.1, 0.15) is 30.5 Å². The zero-order chi connectivity index (χ0) is 12.6. The van der Waals surface area contributed by atoms with Crippen molar-refractivity contribution in [2.24, 2.45) is 5.73 Å². The van der Waals surface area contributed by atoms with Crippen LogP contribution < -0.4 is 10.6 Å². The first kappa shape index (κ1) is 11.8. The maximum absolute atomic E-state index is 11.5. The Labute approximate surface area is 100 Å². The molecule has 17 heavy (non-hydrogen) atoms. The van der Waals surface area contributed by atoms with Gasteiger partial charge in [-0.3, -0.25) is 9.59 Å². The van der Waals surface area contributed by atoms with Gasteiger partial charge in [-0.2, -0.15) is 0 Å². The molecule has 0 radical (unpaired) electrons. The molecule has 1 aliphatic heterocycles. The predicted molar refractivity (Wildman–Crippen MR) is 65.8 cm³/mol. The van der Waals surface area contributed by atoms with Gasteiger partial charge in [0, 0.05) is 25.2 Å². The average molecular weight is 232 g/mol. The fourth-order valence-electron chi connectivity index (χ4n) is 2.15. The Morgan fingerprint density at radius 3 is 2.88 bits per heavy atom. The minimum atomic E-state index is -0.279. The van der Waals surface area contributed by atoms with Crippen molar-refractivity contribution < 1.29 is 9.59 Å². The first-order chi connectivity index (χ1) is 7.99. The smallest absolute Gasteiger partial charge is 0.231 e. The highest BCUT2D eigenvalue weighted by molar-refractivity contribution is 6.00. The van der Waals surface area contributed by atoms with Crippen LogP contribution in [0.15, 0.2) is 18.2 Å². The first-order valence-electron chi connectivity index (χ1n) is 5.63. The summed E-state index contributed by atoms with van der Waals surface area (Å²) in [5.41, 5.74) is 8.79. The van der Waals surface area contributed by atoms with Crippen molar-refractivity contribution in [3.8, 4) is 0 Å². The van der Waals surface area contributed by atoms with Crippen LogP contribution in [-0.4, -0.2) is 18.7 Å². The predicted octanol–water partition coefficient (Wildman–Crippen LogP) is 1.18. The molecule has 1 aromatic rings. The van der Waals surface area contributed by atoms with E-state index >= 15 is 0 Å². The standard InChI is InChI=1S/C13H16N2O2/c1-8(16)5-11(14)9-3-4-12-10(6-9)7-13(17)15(12)2/h3-4,6,11H,5,7,14H2,1-2H3. The number of amides is 1. The fraction of sp³-hybridized carbons (Fsp3) is 0.385. The molecule has 1 amide bonds. The third-order valence-corrected chi connectivity index (χ3v) is 3.12. The second kappa shape index (κ2) is 4.30. The van der Waals surface area contributed by atoms with Crippen molar-refractivity contribution >= 4 is 17.4 Å². The number of hydrogen-bond donors (Lipinski definition) is 1. The summed E-state index contributed by atoms with van der Waals surface area (Å²) in [6.45, 7) is 1.53. The van der Waals surface area contributed by atoms with Crippen LogP contribution in [0.3, 0.4) is 0 Å². The normalized spacial score (nSPS) is 15.9. The molecule has 4 heteroatoms. The average Bonchev–Trinajstić information content (AvgIpc) is 2.53. The second-order valence-electron chi connectivity index (χ2n) is 4.53. The number of nitrogens with zero attached hydrogens (tertiary/aromatic N) is 1. The number of rotatable bonds is 3. The molecule has 0 spiro atoms. The number of anilines is 1. The Balaban J connectivity index is 2.27. The van der Waals surface area contributed by atoms with Crippen LogP contribution in [0.2, 0.25) is 0 Å². The number of nitrogens with two attached hydrogens (primary N) is 1. The van der Waals surface area contributed by atoms with E-state index in [1.54, 1.807) is 11.9 Å². The first-order valence-corrected chi connectivity index (χ1v) is 5.63. The number of carbonyl (C=O) groups excluding carboxylic acids is 2. The number of hydrogen-bond acceptors (Lipinski definition) is 3. The van der Waals surface area contributed by atoms with Gasteiger partial charge in [0.15, 0.2) is 0 Å². The number of Topliss-reactive ketones (excluding diaryl/α,β-unsaturated/α-hetero) is 1. The fourth-order valence-corrected chi connectivity index (χ4v) is 2.15. The number of benzene rings is 1. The van der Waals surface area contributed by atoms with Crippen molar-refractivity contribution in [1.29, 1.82) is 0 Å². The summed E-state index contributed by atoms with van der Waals surface area (Å²) in [7, 11) is 1.77. The molecule has 1 heterocycles. The van der Waals surface area contributed by atoms with Crippen LogP contribution in [-0.2, 0) is 16.0 Å². The van der Waals surface area contributed by atoms with Gasteiger partial charge in [0.2, 0.25) is 5.91 Å². The number of carbonyl (C=O) groups is 2. The van der Waals surface area contributed by atoms with E-state index in [-0.39, 0.29) is 17.7 Å². The van der Waals surface area contributed by atoms with Gasteiger partial charge in [-0.1, -0.05) is 12.1 Å². The molecule has 0 aliphatic carbocycles. The van der Waals surface area contributed by atoms with E-state index in [0.29, 0.717) is 12.8 Å². The topological polar surface area (TPSA) is 63.4 Å². The molecule has 0 saturated heterocycles. The monoisotopic (exact) mass is 232 g/mol. The van der Waals surface area contributed by atoms with Crippen molar-refractivity contribution in [2.45, 2.75) is 25.8 Å². The summed E-state index contributed by atoms with van der Waals surface area (Å²) >= 11 is 0. The van der Waals surface area contributed by atoms with Gasteiger partial charge < -0.3 is 10.6 Å². The van der Waals surface area contributed by atoms with E-state index in [1.165, 1.54) is 6.92 Å². The largest absolute Gasteiger partial charge is 0.324 e. The van der Waals surface area contributed by atoms with Gasteiger partial charge in [0.1, 0.15) is 5.78 Å². The highest BCUT2D eigenvalue weighted by Gasteiger charge is 2.24. The summed E-state index contributed by atoms with van der Waals surface area (Å²) in [5, 5.41) is 0. The van der Waals surface area contributed by atoms with Crippen molar-refractivity contribution in [2.75, 3.05) is 11.9 Å².